The van der Waals surface area contributed by atoms with E-state index in [-0.39, 0.29) is 34.5 Å². The molecule has 0 spiro atoms. The third-order valence-corrected chi connectivity index (χ3v) is 15.1. The van der Waals surface area contributed by atoms with Gasteiger partial charge in [0.1, 0.15) is 0 Å². The molecule has 5 aliphatic carbocycles. The lowest BCUT2D eigenvalue weighted by molar-refractivity contribution is -0.290. The third kappa shape index (κ3) is 3.68. The van der Waals surface area contributed by atoms with Gasteiger partial charge in [-0.1, -0.05) is 55.4 Å². The molecule has 0 aliphatic heterocycles. The van der Waals surface area contributed by atoms with E-state index >= 15 is 0 Å². The zero-order valence-electron chi connectivity index (χ0n) is 25.0. The fourth-order valence-corrected chi connectivity index (χ4v) is 12.5. The van der Waals surface area contributed by atoms with Crippen LogP contribution in [-0.2, 0) is 13.9 Å². The van der Waals surface area contributed by atoms with Crippen molar-refractivity contribution < 1.29 is 28.8 Å². The van der Waals surface area contributed by atoms with E-state index in [9.17, 15) is 24.3 Å². The molecule has 0 amide bonds. The molecule has 6 nitrogen and oxygen atoms in total. The molecule has 3 N–H and O–H groups in total. The Kier molecular flexibility index (Phi) is 6.55. The van der Waals surface area contributed by atoms with Crippen molar-refractivity contribution in [2.45, 2.75) is 125 Å². The summed E-state index contributed by atoms with van der Waals surface area (Å²) < 4.78 is 16.5. The second kappa shape index (κ2) is 8.55. The van der Waals surface area contributed by atoms with Gasteiger partial charge in [0.05, 0.1) is 0 Å². The van der Waals surface area contributed by atoms with Gasteiger partial charge < -0.3 is 9.63 Å². The van der Waals surface area contributed by atoms with Crippen molar-refractivity contribution in [2.24, 2.45) is 62.6 Å². The summed E-state index contributed by atoms with van der Waals surface area (Å²) in [5.74, 6) is 1.75. The molecular weight excluding hydrogens is 499 g/mol. The Hall–Kier alpha value is -0.420. The van der Waals surface area contributed by atoms with Crippen LogP contribution in [-0.4, -0.2) is 26.5 Å². The maximum Gasteiger partial charge on any atom is 0.527 e. The van der Waals surface area contributed by atoms with Crippen LogP contribution in [0.4, 0.5) is 0 Å². The highest BCUT2D eigenvalue weighted by atomic mass is 31.2. The third-order valence-electron chi connectivity index (χ3n) is 14.7. The van der Waals surface area contributed by atoms with Gasteiger partial charge in [-0.15, -0.1) is 0 Å². The van der Waals surface area contributed by atoms with Crippen molar-refractivity contribution in [2.75, 3.05) is 0 Å². The fourth-order valence-electron chi connectivity index (χ4n) is 12.2. The number of fused-ring (bicyclic) bond motifs is 7. The number of carbonyl (C=O) groups excluding carboxylic acids is 1. The van der Waals surface area contributed by atoms with Gasteiger partial charge in [-0.25, -0.2) is 9.36 Å². The van der Waals surface area contributed by atoms with E-state index in [2.05, 4.69) is 55.4 Å². The van der Waals surface area contributed by atoms with Crippen LogP contribution in [0.25, 0.3) is 0 Å². The Labute approximate surface area is 230 Å². The number of rotatable bonds is 2. The molecule has 0 aromatic rings. The monoisotopic (exact) mass is 552 g/mol. The Morgan fingerprint density at radius 2 is 1.45 bits per heavy atom. The number of hydrogen-bond donors (Lipinski definition) is 3. The van der Waals surface area contributed by atoms with Crippen LogP contribution in [0.15, 0.2) is 0 Å². The fraction of sp³-hybridized carbons (Fsp3) is 0.968. The topological polar surface area (TPSA) is 104 Å². The highest BCUT2D eigenvalue weighted by Crippen LogP contribution is 2.78. The van der Waals surface area contributed by atoms with Crippen molar-refractivity contribution in [1.82, 2.24) is 0 Å². The van der Waals surface area contributed by atoms with Crippen LogP contribution in [0.3, 0.4) is 0 Å². The van der Waals surface area contributed by atoms with Crippen LogP contribution < -0.4 is 0 Å². The summed E-state index contributed by atoms with van der Waals surface area (Å²) in [7, 11) is -5.08. The molecule has 5 fully saturated rings. The molecular formula is C31H53O6P. The second-order valence-electron chi connectivity index (χ2n) is 16.2. The number of aliphatic hydroxyl groups is 1. The lowest BCUT2D eigenvalue weighted by Gasteiger charge is -2.75. The molecule has 0 saturated heterocycles. The minimum atomic E-state index is -5.08. The van der Waals surface area contributed by atoms with Crippen molar-refractivity contribution in [1.29, 1.82) is 0 Å². The molecule has 218 valence electrons. The van der Waals surface area contributed by atoms with E-state index in [4.69, 9.17) is 4.52 Å². The minimum Gasteiger partial charge on any atom is -0.378 e. The van der Waals surface area contributed by atoms with Gasteiger partial charge in [-0.2, -0.15) is 0 Å². The van der Waals surface area contributed by atoms with Crippen LogP contribution in [0.2, 0.25) is 0 Å². The lowest BCUT2D eigenvalue weighted by atomic mass is 9.30. The first kappa shape index (κ1) is 29.1. The van der Waals surface area contributed by atoms with Gasteiger partial charge in [0.25, 0.3) is 0 Å². The summed E-state index contributed by atoms with van der Waals surface area (Å²) in [6, 6.07) is 0. The molecule has 1 unspecified atom stereocenters. The van der Waals surface area contributed by atoms with Crippen molar-refractivity contribution in [3.8, 4) is 0 Å². The predicted molar refractivity (Wildman–Crippen MR) is 148 cm³/mol. The summed E-state index contributed by atoms with van der Waals surface area (Å²) >= 11 is 0. The van der Waals surface area contributed by atoms with Gasteiger partial charge in [-0.3, -0.25) is 9.79 Å². The maximum absolute atomic E-state index is 13.5. The molecule has 0 aromatic carbocycles. The zero-order valence-corrected chi connectivity index (χ0v) is 25.9. The molecule has 0 radical (unpaired) electrons. The SMILES string of the molecule is C[C@@H]1[C@H]2[C@H]3CC[C@@H]4[C@]5(C)[C@@H](CC[C@@]4(C)[C@]3(C)CC[C@@]2(C)CC[C@H]1C)C(C)(C)CCC5(O)C(=O)OP(=O)(O)O. The highest BCUT2D eigenvalue weighted by Gasteiger charge is 2.75. The second-order valence-corrected chi connectivity index (χ2v) is 17.4. The smallest absolute Gasteiger partial charge is 0.378 e. The van der Waals surface area contributed by atoms with Gasteiger partial charge >= 0.3 is 13.8 Å². The van der Waals surface area contributed by atoms with Gasteiger partial charge in [-0.05, 0) is 121 Å². The Morgan fingerprint density at radius 3 is 2.08 bits per heavy atom. The first-order valence-electron chi connectivity index (χ1n) is 15.3. The molecule has 0 bridgehead atoms. The number of phosphoric acid groups is 1. The van der Waals surface area contributed by atoms with E-state index in [1.54, 1.807) is 0 Å². The van der Waals surface area contributed by atoms with Gasteiger partial charge in [0, 0.05) is 5.41 Å². The lowest BCUT2D eigenvalue weighted by Crippen LogP contribution is -2.73. The van der Waals surface area contributed by atoms with E-state index in [1.165, 1.54) is 25.7 Å². The summed E-state index contributed by atoms with van der Waals surface area (Å²) in [6.45, 7) is 19.0. The molecule has 5 aliphatic rings. The van der Waals surface area contributed by atoms with E-state index in [0.717, 1.165) is 31.6 Å². The average Bonchev–Trinajstić information content (AvgIpc) is 2.79. The van der Waals surface area contributed by atoms with Crippen molar-refractivity contribution in [3.63, 3.8) is 0 Å². The van der Waals surface area contributed by atoms with E-state index in [0.29, 0.717) is 29.6 Å². The molecule has 0 heterocycles. The Bertz CT molecular complexity index is 1040. The summed E-state index contributed by atoms with van der Waals surface area (Å²) in [5, 5.41) is 12.3. The van der Waals surface area contributed by atoms with Gasteiger partial charge in [0.2, 0.25) is 0 Å². The zero-order chi connectivity index (χ0) is 28.3. The number of carbonyl (C=O) groups is 1. The maximum atomic E-state index is 13.5. The minimum absolute atomic E-state index is 0.0683. The summed E-state index contributed by atoms with van der Waals surface area (Å²) in [5.41, 5.74) is -2.42. The average molecular weight is 553 g/mol. The number of phosphoric ester groups is 1. The standard InChI is InChI=1S/C31H53O6P/c1-19-11-13-27(5)16-17-28(6)21(24(27)20(19)2)9-10-23-29(28,7)14-12-22-26(3,4)15-18-31(33,30(22,23)8)25(32)37-38(34,35)36/h19-24,33H,9-18H2,1-8H3,(H2,34,35,36)/t19-,20+,21-,22+,23+,24+,27-,28-,29-,30+,31?/m1/s1. The molecule has 7 heteroatoms. The molecule has 5 saturated carbocycles. The van der Waals surface area contributed by atoms with E-state index in [1.807, 2.05) is 0 Å². The van der Waals surface area contributed by atoms with Crippen LogP contribution in [0, 0.1) is 62.6 Å². The molecule has 5 rings (SSSR count). The Morgan fingerprint density at radius 1 is 0.789 bits per heavy atom. The summed E-state index contributed by atoms with van der Waals surface area (Å²) in [4.78, 5) is 32.6. The highest BCUT2D eigenvalue weighted by molar-refractivity contribution is 7.46. The van der Waals surface area contributed by atoms with E-state index < -0.39 is 24.8 Å². The molecule has 11 atom stereocenters. The van der Waals surface area contributed by atoms with Crippen molar-refractivity contribution in [3.05, 3.63) is 0 Å². The largest absolute Gasteiger partial charge is 0.527 e. The van der Waals surface area contributed by atoms with Gasteiger partial charge in [0.15, 0.2) is 5.60 Å². The van der Waals surface area contributed by atoms with Crippen LogP contribution in [0.1, 0.15) is 120 Å². The molecule has 0 aromatic heterocycles. The normalized spacial score (nSPS) is 54.1. The summed E-state index contributed by atoms with van der Waals surface area (Å²) in [6.07, 6.45) is 9.88. The first-order valence-corrected chi connectivity index (χ1v) is 16.8. The van der Waals surface area contributed by atoms with Crippen LogP contribution in [0.5, 0.6) is 0 Å². The predicted octanol–water partition coefficient (Wildman–Crippen LogP) is 7.11. The quantitative estimate of drug-likeness (QED) is 0.315. The Balaban J connectivity index is 1.61. The molecule has 38 heavy (non-hydrogen) atoms. The number of hydrogen-bond acceptors (Lipinski definition) is 4. The van der Waals surface area contributed by atoms with Crippen molar-refractivity contribution >= 4 is 13.8 Å². The van der Waals surface area contributed by atoms with Crippen LogP contribution >= 0.6 is 7.82 Å². The first-order chi connectivity index (χ1) is 17.3.